The molecule has 5 nitrogen and oxygen atoms in total. The van der Waals surface area contributed by atoms with Gasteiger partial charge in [-0.1, -0.05) is 0 Å². The van der Waals surface area contributed by atoms with Gasteiger partial charge < -0.3 is 14.9 Å². The number of aryl methyl sites for hydroxylation is 1. The lowest BCUT2D eigenvalue weighted by atomic mass is 10.2. The van der Waals surface area contributed by atoms with Crippen molar-refractivity contribution in [3.8, 4) is 0 Å². The summed E-state index contributed by atoms with van der Waals surface area (Å²) < 4.78 is 9.73. The van der Waals surface area contributed by atoms with Crippen LogP contribution in [0.3, 0.4) is 0 Å². The van der Waals surface area contributed by atoms with Crippen molar-refractivity contribution in [3.63, 3.8) is 0 Å². The van der Waals surface area contributed by atoms with Crippen molar-refractivity contribution >= 4 is 17.5 Å². The molecule has 0 spiro atoms. The molecule has 0 aliphatic rings. The van der Waals surface area contributed by atoms with Crippen molar-refractivity contribution in [2.45, 2.75) is 13.8 Å². The number of nitrogen functional groups attached to an aromatic ring is 1. The molecule has 1 rings (SSSR count). The predicted molar refractivity (Wildman–Crippen MR) is 50.1 cm³/mol. The molecule has 0 aromatic carbocycles. The van der Waals surface area contributed by atoms with E-state index in [9.17, 15) is 4.79 Å². The largest absolute Gasteiger partial charge is 0.463 e. The van der Waals surface area contributed by atoms with E-state index in [0.29, 0.717) is 5.76 Å². The van der Waals surface area contributed by atoms with E-state index in [-0.39, 0.29) is 23.7 Å². The van der Waals surface area contributed by atoms with Gasteiger partial charge in [-0.25, -0.2) is 9.64 Å². The molecule has 0 saturated carbocycles. The molecule has 2 N–H and O–H groups in total. The third-order valence-corrected chi connectivity index (χ3v) is 1.68. The normalized spacial score (nSPS) is 9.50. The summed E-state index contributed by atoms with van der Waals surface area (Å²) in [5.41, 5.74) is 5.55. The molecule has 1 heterocycles. The molecule has 0 unspecified atom stereocenters. The Kier molecular flexibility index (Phi) is 2.77. The van der Waals surface area contributed by atoms with Gasteiger partial charge in [-0.2, -0.15) is 0 Å². The summed E-state index contributed by atoms with van der Waals surface area (Å²) in [5.74, 6) is -0.302. The molecule has 0 fully saturated rings. The van der Waals surface area contributed by atoms with Crippen LogP contribution >= 0.6 is 0 Å². The highest BCUT2D eigenvalue weighted by atomic mass is 16.5. The van der Waals surface area contributed by atoms with Gasteiger partial charge in [-0.15, -0.1) is 0 Å². The van der Waals surface area contributed by atoms with Crippen molar-refractivity contribution in [1.29, 1.82) is 0 Å². The van der Waals surface area contributed by atoms with Gasteiger partial charge in [0, 0.05) is 0 Å². The molecule has 0 saturated heterocycles. The van der Waals surface area contributed by atoms with E-state index < -0.39 is 5.97 Å². The minimum Gasteiger partial charge on any atom is -0.463 e. The molecule has 0 bridgehead atoms. The van der Waals surface area contributed by atoms with Gasteiger partial charge in [-0.05, 0) is 13.8 Å². The fraction of sp³-hybridized carbons (Fsp3) is 0.333. The number of carbonyl (C=O) groups is 1. The lowest BCUT2D eigenvalue weighted by molar-refractivity contribution is 0.0525. The van der Waals surface area contributed by atoms with Crippen LogP contribution in [0.15, 0.2) is 4.42 Å². The van der Waals surface area contributed by atoms with Gasteiger partial charge in [0.2, 0.25) is 0 Å². The Morgan fingerprint density at radius 2 is 2.36 bits per heavy atom. The van der Waals surface area contributed by atoms with E-state index in [0.717, 1.165) is 0 Å². The van der Waals surface area contributed by atoms with Crippen LogP contribution in [0.1, 0.15) is 23.0 Å². The summed E-state index contributed by atoms with van der Waals surface area (Å²) in [6, 6.07) is 0. The SMILES string of the molecule is [C-]#[N+]c1c(N)oc(C)c1C(=O)OCC. The van der Waals surface area contributed by atoms with E-state index in [4.69, 9.17) is 21.5 Å². The van der Waals surface area contributed by atoms with Gasteiger partial charge in [0.1, 0.15) is 11.3 Å². The topological polar surface area (TPSA) is 69.8 Å². The summed E-state index contributed by atoms with van der Waals surface area (Å²) in [4.78, 5) is 14.5. The van der Waals surface area contributed by atoms with Gasteiger partial charge in [0.15, 0.2) is 5.88 Å². The monoisotopic (exact) mass is 194 g/mol. The number of ether oxygens (including phenoxy) is 1. The Labute approximate surface area is 81.3 Å². The summed E-state index contributed by atoms with van der Waals surface area (Å²) in [6.07, 6.45) is 0. The van der Waals surface area contributed by atoms with Crippen LogP contribution in [-0.2, 0) is 4.74 Å². The molecule has 0 aliphatic heterocycles. The second kappa shape index (κ2) is 3.83. The third-order valence-electron chi connectivity index (χ3n) is 1.68. The Morgan fingerprint density at radius 1 is 1.71 bits per heavy atom. The molecule has 0 amide bonds. The number of furan rings is 1. The van der Waals surface area contributed by atoms with Crippen molar-refractivity contribution in [1.82, 2.24) is 0 Å². The van der Waals surface area contributed by atoms with Crippen LogP contribution in [0.4, 0.5) is 11.6 Å². The lowest BCUT2D eigenvalue weighted by Crippen LogP contribution is -2.04. The summed E-state index contributed by atoms with van der Waals surface area (Å²) in [6.45, 7) is 10.3. The highest BCUT2D eigenvalue weighted by molar-refractivity contribution is 5.99. The van der Waals surface area contributed by atoms with Crippen LogP contribution in [0.25, 0.3) is 4.85 Å². The summed E-state index contributed by atoms with van der Waals surface area (Å²) in [5, 5.41) is 0. The number of anilines is 1. The number of rotatable bonds is 2. The Bertz CT molecular complexity index is 401. The first-order valence-corrected chi connectivity index (χ1v) is 4.05. The molecule has 74 valence electrons. The van der Waals surface area contributed by atoms with Gasteiger partial charge in [0.25, 0.3) is 5.69 Å². The highest BCUT2D eigenvalue weighted by Crippen LogP contribution is 2.33. The molecular weight excluding hydrogens is 184 g/mol. The van der Waals surface area contributed by atoms with Gasteiger partial charge in [-0.3, -0.25) is 0 Å². The average Bonchev–Trinajstić information content (AvgIpc) is 2.40. The molecule has 0 atom stereocenters. The standard InChI is InChI=1S/C9H10N2O3/c1-4-13-9(12)6-5(2)14-8(10)7(6)11-3/h4,10H2,1-2H3. The van der Waals surface area contributed by atoms with Crippen LogP contribution in [0.2, 0.25) is 0 Å². The second-order valence-corrected chi connectivity index (χ2v) is 2.58. The van der Waals surface area contributed by atoms with Crippen LogP contribution in [0, 0.1) is 13.5 Å². The summed E-state index contributed by atoms with van der Waals surface area (Å²) in [7, 11) is 0. The smallest absolute Gasteiger partial charge is 0.331 e. The van der Waals surface area contributed by atoms with Crippen molar-refractivity contribution < 1.29 is 13.9 Å². The van der Waals surface area contributed by atoms with E-state index in [1.807, 2.05) is 0 Å². The second-order valence-electron chi connectivity index (χ2n) is 2.58. The molecular formula is C9H10N2O3. The Hall–Kier alpha value is -1.96. The zero-order valence-corrected chi connectivity index (χ0v) is 7.96. The van der Waals surface area contributed by atoms with E-state index in [1.54, 1.807) is 13.8 Å². The minimum absolute atomic E-state index is 0.0287. The molecule has 0 radical (unpaired) electrons. The third kappa shape index (κ3) is 1.55. The van der Waals surface area contributed by atoms with Crippen molar-refractivity contribution in [2.75, 3.05) is 12.3 Å². The molecule has 1 aromatic heterocycles. The van der Waals surface area contributed by atoms with Gasteiger partial charge >= 0.3 is 5.97 Å². The van der Waals surface area contributed by atoms with Crippen molar-refractivity contribution in [3.05, 3.63) is 22.7 Å². The number of nitrogens with two attached hydrogens (primary N) is 1. The van der Waals surface area contributed by atoms with E-state index in [2.05, 4.69) is 4.85 Å². The quantitative estimate of drug-likeness (QED) is 0.576. The average molecular weight is 194 g/mol. The van der Waals surface area contributed by atoms with Crippen molar-refractivity contribution in [2.24, 2.45) is 0 Å². The first-order valence-electron chi connectivity index (χ1n) is 4.05. The number of hydrogen-bond acceptors (Lipinski definition) is 4. The summed E-state index contributed by atoms with van der Waals surface area (Å²) >= 11 is 0. The maximum atomic E-state index is 11.4. The van der Waals surface area contributed by atoms with Crippen LogP contribution < -0.4 is 5.73 Å². The number of nitrogens with zero attached hydrogens (tertiary/aromatic N) is 1. The first kappa shape index (κ1) is 10.1. The molecule has 5 heteroatoms. The zero-order valence-electron chi connectivity index (χ0n) is 7.96. The first-order chi connectivity index (χ1) is 6.61. The maximum absolute atomic E-state index is 11.4. The van der Waals surface area contributed by atoms with Gasteiger partial charge in [0.05, 0.1) is 13.2 Å². The fourth-order valence-electron chi connectivity index (χ4n) is 1.11. The highest BCUT2D eigenvalue weighted by Gasteiger charge is 2.23. The van der Waals surface area contributed by atoms with Crippen LogP contribution in [-0.4, -0.2) is 12.6 Å². The van der Waals surface area contributed by atoms with E-state index in [1.165, 1.54) is 0 Å². The minimum atomic E-state index is -0.573. The lowest BCUT2D eigenvalue weighted by Gasteiger charge is -1.99. The number of hydrogen-bond donors (Lipinski definition) is 1. The van der Waals surface area contributed by atoms with E-state index >= 15 is 0 Å². The Balaban J connectivity index is 3.20. The number of esters is 1. The zero-order chi connectivity index (χ0) is 10.7. The maximum Gasteiger partial charge on any atom is 0.331 e. The molecule has 1 aromatic rings. The predicted octanol–water partition coefficient (Wildman–Crippen LogP) is 1.90. The number of carbonyl (C=O) groups excluding carboxylic acids is 1. The molecule has 0 aliphatic carbocycles. The molecule has 14 heavy (non-hydrogen) atoms. The fourth-order valence-corrected chi connectivity index (χ4v) is 1.11. The Morgan fingerprint density at radius 3 is 2.86 bits per heavy atom. The van der Waals surface area contributed by atoms with Crippen LogP contribution in [0.5, 0.6) is 0 Å².